The van der Waals surface area contributed by atoms with E-state index in [1.807, 2.05) is 6.07 Å². The lowest BCUT2D eigenvalue weighted by molar-refractivity contribution is 0.909. The van der Waals surface area contributed by atoms with Gasteiger partial charge in [-0.05, 0) is 48.9 Å². The molecule has 0 unspecified atom stereocenters. The predicted molar refractivity (Wildman–Crippen MR) is 48.2 cm³/mol. The van der Waals surface area contributed by atoms with Gasteiger partial charge in [0.25, 0.3) is 0 Å². The number of benzene rings is 1. The van der Waals surface area contributed by atoms with Gasteiger partial charge in [0, 0.05) is 5.02 Å². The maximum absolute atomic E-state index is 5.99. The summed E-state index contributed by atoms with van der Waals surface area (Å²) in [6.45, 7) is 2.12. The molecule has 0 N–H and O–H groups in total. The molecule has 0 aliphatic heterocycles. The fourth-order valence-corrected chi connectivity index (χ4v) is 2.00. The van der Waals surface area contributed by atoms with E-state index in [4.69, 9.17) is 11.6 Å². The van der Waals surface area contributed by atoms with Crippen LogP contribution in [0, 0.1) is 6.92 Å². The fourth-order valence-electron chi connectivity index (χ4n) is 1.82. The Hall–Kier alpha value is -0.490. The monoisotopic (exact) mass is 166 g/mol. The van der Waals surface area contributed by atoms with E-state index in [-0.39, 0.29) is 0 Å². The molecule has 1 aliphatic rings. The third-order valence-electron chi connectivity index (χ3n) is 2.50. The molecular formula is C10H11Cl. The fraction of sp³-hybridized carbons (Fsp3) is 0.400. The average molecular weight is 167 g/mol. The lowest BCUT2D eigenvalue weighted by Gasteiger charge is -2.04. The van der Waals surface area contributed by atoms with Gasteiger partial charge in [-0.25, -0.2) is 0 Å². The molecule has 0 heterocycles. The summed E-state index contributed by atoms with van der Waals surface area (Å²) in [5.74, 6) is 0. The van der Waals surface area contributed by atoms with Crippen LogP contribution in [-0.2, 0) is 12.8 Å². The third-order valence-corrected chi connectivity index (χ3v) is 2.91. The molecule has 0 nitrogen and oxygen atoms in total. The minimum Gasteiger partial charge on any atom is -0.0840 e. The molecule has 58 valence electrons. The standard InChI is InChI=1S/C10H11Cl/c1-7-9-4-2-3-8(9)5-6-10(7)11/h5-6H,2-4H2,1H3. The average Bonchev–Trinajstić information content (AvgIpc) is 2.45. The molecule has 0 saturated heterocycles. The van der Waals surface area contributed by atoms with Crippen molar-refractivity contribution in [2.24, 2.45) is 0 Å². The summed E-state index contributed by atoms with van der Waals surface area (Å²) < 4.78 is 0. The van der Waals surface area contributed by atoms with Gasteiger partial charge < -0.3 is 0 Å². The van der Waals surface area contributed by atoms with Crippen molar-refractivity contribution in [3.8, 4) is 0 Å². The highest BCUT2D eigenvalue weighted by atomic mass is 35.5. The second-order valence-electron chi connectivity index (χ2n) is 3.16. The van der Waals surface area contributed by atoms with E-state index < -0.39 is 0 Å². The van der Waals surface area contributed by atoms with Crippen molar-refractivity contribution in [1.29, 1.82) is 0 Å². The lowest BCUT2D eigenvalue weighted by Crippen LogP contribution is -1.87. The first-order chi connectivity index (χ1) is 5.29. The molecule has 0 saturated carbocycles. The summed E-state index contributed by atoms with van der Waals surface area (Å²) in [5.41, 5.74) is 4.30. The summed E-state index contributed by atoms with van der Waals surface area (Å²) >= 11 is 5.99. The van der Waals surface area contributed by atoms with E-state index in [9.17, 15) is 0 Å². The van der Waals surface area contributed by atoms with Crippen LogP contribution in [0.5, 0.6) is 0 Å². The lowest BCUT2D eigenvalue weighted by atomic mass is 10.1. The van der Waals surface area contributed by atoms with Gasteiger partial charge in [0.2, 0.25) is 0 Å². The van der Waals surface area contributed by atoms with Gasteiger partial charge in [-0.3, -0.25) is 0 Å². The summed E-state index contributed by atoms with van der Waals surface area (Å²) in [7, 11) is 0. The zero-order chi connectivity index (χ0) is 7.84. The minimum absolute atomic E-state index is 0.922. The summed E-state index contributed by atoms with van der Waals surface area (Å²) in [6, 6.07) is 4.18. The van der Waals surface area contributed by atoms with E-state index in [1.54, 1.807) is 0 Å². The van der Waals surface area contributed by atoms with Crippen molar-refractivity contribution in [2.45, 2.75) is 26.2 Å². The van der Waals surface area contributed by atoms with Crippen LogP contribution in [0.1, 0.15) is 23.1 Å². The number of hydrogen-bond acceptors (Lipinski definition) is 0. The van der Waals surface area contributed by atoms with Crippen molar-refractivity contribution in [2.75, 3.05) is 0 Å². The molecule has 0 radical (unpaired) electrons. The van der Waals surface area contributed by atoms with Gasteiger partial charge in [-0.15, -0.1) is 0 Å². The van der Waals surface area contributed by atoms with Crippen LogP contribution in [0.2, 0.25) is 5.02 Å². The Bertz CT molecular complexity index is 289. The molecule has 0 fully saturated rings. The first-order valence-corrected chi connectivity index (χ1v) is 4.43. The highest BCUT2D eigenvalue weighted by Crippen LogP contribution is 2.29. The third kappa shape index (κ3) is 1.06. The molecular weight excluding hydrogens is 156 g/mol. The zero-order valence-corrected chi connectivity index (χ0v) is 7.41. The molecule has 1 aromatic rings. The van der Waals surface area contributed by atoms with Crippen molar-refractivity contribution in [1.82, 2.24) is 0 Å². The first-order valence-electron chi connectivity index (χ1n) is 4.06. The molecule has 0 spiro atoms. The van der Waals surface area contributed by atoms with Crippen LogP contribution >= 0.6 is 11.6 Å². The van der Waals surface area contributed by atoms with Gasteiger partial charge in [0.1, 0.15) is 0 Å². The molecule has 1 aliphatic carbocycles. The molecule has 11 heavy (non-hydrogen) atoms. The highest BCUT2D eigenvalue weighted by molar-refractivity contribution is 6.31. The van der Waals surface area contributed by atoms with E-state index in [2.05, 4.69) is 13.0 Å². The maximum Gasteiger partial charge on any atom is 0.0438 e. The number of rotatable bonds is 0. The predicted octanol–water partition coefficient (Wildman–Crippen LogP) is 3.14. The van der Waals surface area contributed by atoms with Gasteiger partial charge >= 0.3 is 0 Å². The smallest absolute Gasteiger partial charge is 0.0438 e. The zero-order valence-electron chi connectivity index (χ0n) is 6.65. The summed E-state index contributed by atoms with van der Waals surface area (Å²) in [5, 5.41) is 0.922. The van der Waals surface area contributed by atoms with Crippen LogP contribution in [0.4, 0.5) is 0 Å². The molecule has 1 aromatic carbocycles. The van der Waals surface area contributed by atoms with Crippen LogP contribution in [0.3, 0.4) is 0 Å². The molecule has 0 bridgehead atoms. The molecule has 2 rings (SSSR count). The Labute approximate surface area is 72.2 Å². The van der Waals surface area contributed by atoms with Crippen molar-refractivity contribution >= 4 is 11.6 Å². The van der Waals surface area contributed by atoms with Gasteiger partial charge in [-0.1, -0.05) is 17.7 Å². The van der Waals surface area contributed by atoms with Crippen LogP contribution in [-0.4, -0.2) is 0 Å². The molecule has 0 aromatic heterocycles. The molecule has 0 amide bonds. The van der Waals surface area contributed by atoms with E-state index in [1.165, 1.54) is 36.0 Å². The van der Waals surface area contributed by atoms with Gasteiger partial charge in [0.05, 0.1) is 0 Å². The quantitative estimate of drug-likeness (QED) is 0.556. The van der Waals surface area contributed by atoms with E-state index in [0.717, 1.165) is 5.02 Å². The van der Waals surface area contributed by atoms with Crippen LogP contribution in [0.25, 0.3) is 0 Å². The SMILES string of the molecule is Cc1c(Cl)ccc2c1CCC2. The Kier molecular flexibility index (Phi) is 1.65. The summed E-state index contributed by atoms with van der Waals surface area (Å²) in [4.78, 5) is 0. The van der Waals surface area contributed by atoms with Gasteiger partial charge in [-0.2, -0.15) is 0 Å². The Morgan fingerprint density at radius 2 is 2.09 bits per heavy atom. The van der Waals surface area contributed by atoms with Crippen molar-refractivity contribution in [3.63, 3.8) is 0 Å². The minimum atomic E-state index is 0.922. The van der Waals surface area contributed by atoms with Crippen LogP contribution in [0.15, 0.2) is 12.1 Å². The molecule has 0 atom stereocenters. The largest absolute Gasteiger partial charge is 0.0840 e. The number of aryl methyl sites for hydroxylation is 1. The van der Waals surface area contributed by atoms with Crippen molar-refractivity contribution in [3.05, 3.63) is 33.8 Å². The number of halogens is 1. The normalized spacial score (nSPS) is 15.1. The van der Waals surface area contributed by atoms with Gasteiger partial charge in [0.15, 0.2) is 0 Å². The topological polar surface area (TPSA) is 0 Å². The van der Waals surface area contributed by atoms with Crippen LogP contribution < -0.4 is 0 Å². The highest BCUT2D eigenvalue weighted by Gasteiger charge is 2.13. The first kappa shape index (κ1) is 7.17. The van der Waals surface area contributed by atoms with E-state index in [0.29, 0.717) is 0 Å². The summed E-state index contributed by atoms with van der Waals surface area (Å²) in [6.07, 6.45) is 3.77. The molecule has 1 heteroatoms. The second-order valence-corrected chi connectivity index (χ2v) is 3.57. The Morgan fingerprint density at radius 3 is 2.91 bits per heavy atom. The Balaban J connectivity index is 2.62. The van der Waals surface area contributed by atoms with Crippen molar-refractivity contribution < 1.29 is 0 Å². The Morgan fingerprint density at radius 1 is 1.27 bits per heavy atom. The maximum atomic E-state index is 5.99. The second kappa shape index (κ2) is 2.53. The van der Waals surface area contributed by atoms with E-state index >= 15 is 0 Å². The number of fused-ring (bicyclic) bond motifs is 1. The number of hydrogen-bond donors (Lipinski definition) is 0.